The Bertz CT molecular complexity index is 1090. The van der Waals surface area contributed by atoms with Crippen LogP contribution >= 0.6 is 0 Å². The number of benzene rings is 2. The van der Waals surface area contributed by atoms with E-state index < -0.39 is 11.7 Å². The molecule has 6 nitrogen and oxygen atoms in total. The summed E-state index contributed by atoms with van der Waals surface area (Å²) >= 11 is 0. The SMILES string of the molecule is Cc1cc(C(=O)NCc2cccc(NC(=O)c3cccc(F)c3)c2)cc(=O)[nH]1. The molecular weight excluding hydrogens is 361 g/mol. The molecule has 0 aliphatic heterocycles. The molecule has 3 N–H and O–H groups in total. The quantitative estimate of drug-likeness (QED) is 0.636. The van der Waals surface area contributed by atoms with Gasteiger partial charge in [-0.15, -0.1) is 0 Å². The van der Waals surface area contributed by atoms with Crippen molar-refractivity contribution in [2.45, 2.75) is 13.5 Å². The lowest BCUT2D eigenvalue weighted by atomic mass is 10.1. The summed E-state index contributed by atoms with van der Waals surface area (Å²) in [5.41, 5.74) is 2.02. The van der Waals surface area contributed by atoms with Crippen molar-refractivity contribution < 1.29 is 14.0 Å². The van der Waals surface area contributed by atoms with Crippen LogP contribution in [0, 0.1) is 12.7 Å². The maximum atomic E-state index is 13.3. The highest BCUT2D eigenvalue weighted by Crippen LogP contribution is 2.13. The maximum absolute atomic E-state index is 13.3. The Labute approximate surface area is 160 Å². The van der Waals surface area contributed by atoms with E-state index in [9.17, 15) is 18.8 Å². The van der Waals surface area contributed by atoms with Crippen LogP contribution in [0.25, 0.3) is 0 Å². The highest BCUT2D eigenvalue weighted by molar-refractivity contribution is 6.04. The Morgan fingerprint density at radius 1 is 0.964 bits per heavy atom. The van der Waals surface area contributed by atoms with Crippen LogP contribution in [-0.2, 0) is 6.54 Å². The molecule has 0 aliphatic carbocycles. The second kappa shape index (κ2) is 8.30. The van der Waals surface area contributed by atoms with Crippen LogP contribution < -0.4 is 16.2 Å². The fourth-order valence-electron chi connectivity index (χ4n) is 2.69. The third-order valence-corrected chi connectivity index (χ3v) is 3.97. The molecule has 0 unspecified atom stereocenters. The second-order valence-electron chi connectivity index (χ2n) is 6.26. The van der Waals surface area contributed by atoms with Crippen LogP contribution in [0.3, 0.4) is 0 Å². The van der Waals surface area contributed by atoms with E-state index >= 15 is 0 Å². The largest absolute Gasteiger partial charge is 0.348 e. The molecule has 7 heteroatoms. The number of amides is 2. The lowest BCUT2D eigenvalue weighted by Crippen LogP contribution is -2.24. The van der Waals surface area contributed by atoms with Gasteiger partial charge in [0.1, 0.15) is 5.82 Å². The molecule has 0 saturated carbocycles. The van der Waals surface area contributed by atoms with E-state index in [1.54, 1.807) is 37.3 Å². The number of aryl methyl sites for hydroxylation is 1. The summed E-state index contributed by atoms with van der Waals surface area (Å²) in [6.45, 7) is 1.91. The summed E-state index contributed by atoms with van der Waals surface area (Å²) in [6.07, 6.45) is 0. The zero-order valence-corrected chi connectivity index (χ0v) is 15.1. The van der Waals surface area contributed by atoms with Crippen LogP contribution in [0.2, 0.25) is 0 Å². The number of H-pyrrole nitrogens is 1. The van der Waals surface area contributed by atoms with Crippen molar-refractivity contribution in [3.05, 3.63) is 99.2 Å². The van der Waals surface area contributed by atoms with Gasteiger partial charge >= 0.3 is 0 Å². The van der Waals surface area contributed by atoms with Gasteiger partial charge in [0, 0.05) is 35.1 Å². The van der Waals surface area contributed by atoms with E-state index in [0.717, 1.165) is 11.6 Å². The molecule has 0 radical (unpaired) electrons. The molecule has 0 saturated heterocycles. The molecule has 1 aromatic heterocycles. The maximum Gasteiger partial charge on any atom is 0.255 e. The Balaban J connectivity index is 1.65. The monoisotopic (exact) mass is 379 g/mol. The van der Waals surface area contributed by atoms with Crippen molar-refractivity contribution in [3.8, 4) is 0 Å². The Hall–Kier alpha value is -3.74. The van der Waals surface area contributed by atoms with Gasteiger partial charge in [-0.05, 0) is 48.9 Å². The minimum Gasteiger partial charge on any atom is -0.348 e. The fraction of sp³-hybridized carbons (Fsp3) is 0.0952. The third kappa shape index (κ3) is 4.91. The molecule has 3 aromatic rings. The molecule has 28 heavy (non-hydrogen) atoms. The average Bonchev–Trinajstić information content (AvgIpc) is 2.65. The van der Waals surface area contributed by atoms with Crippen molar-refractivity contribution in [3.63, 3.8) is 0 Å². The number of aromatic amines is 1. The van der Waals surface area contributed by atoms with E-state index in [-0.39, 0.29) is 29.1 Å². The number of nitrogens with one attached hydrogen (secondary N) is 3. The zero-order chi connectivity index (χ0) is 20.1. The minimum absolute atomic E-state index is 0.211. The van der Waals surface area contributed by atoms with E-state index in [1.165, 1.54) is 24.3 Å². The van der Waals surface area contributed by atoms with Crippen LogP contribution in [0.5, 0.6) is 0 Å². The van der Waals surface area contributed by atoms with Crippen molar-refractivity contribution in [1.82, 2.24) is 10.3 Å². The Kier molecular flexibility index (Phi) is 5.64. The predicted octanol–water partition coefficient (Wildman–Crippen LogP) is 3.00. The number of carbonyl (C=O) groups is 2. The van der Waals surface area contributed by atoms with E-state index in [2.05, 4.69) is 15.6 Å². The lowest BCUT2D eigenvalue weighted by molar-refractivity contribution is 0.0949. The molecule has 0 bridgehead atoms. The fourth-order valence-corrected chi connectivity index (χ4v) is 2.69. The first-order valence-electron chi connectivity index (χ1n) is 8.56. The minimum atomic E-state index is -0.487. The van der Waals surface area contributed by atoms with Gasteiger partial charge in [-0.25, -0.2) is 4.39 Å². The van der Waals surface area contributed by atoms with Crippen molar-refractivity contribution in [2.75, 3.05) is 5.32 Å². The highest BCUT2D eigenvalue weighted by Gasteiger charge is 2.09. The molecule has 3 rings (SSSR count). The zero-order valence-electron chi connectivity index (χ0n) is 15.1. The third-order valence-electron chi connectivity index (χ3n) is 3.97. The summed E-state index contributed by atoms with van der Waals surface area (Å²) in [7, 11) is 0. The van der Waals surface area contributed by atoms with Crippen LogP contribution in [0.1, 0.15) is 32.0 Å². The first kappa shape index (κ1) is 19.0. The first-order chi connectivity index (χ1) is 13.4. The number of aromatic nitrogens is 1. The van der Waals surface area contributed by atoms with Gasteiger partial charge in [0.05, 0.1) is 0 Å². The van der Waals surface area contributed by atoms with Crippen LogP contribution in [0.4, 0.5) is 10.1 Å². The molecule has 0 aliphatic rings. The standard InChI is InChI=1S/C21H18FN3O3/c1-13-8-16(11-19(26)24-13)20(27)23-12-14-4-2-7-18(9-14)25-21(28)15-5-3-6-17(22)10-15/h2-11H,12H2,1H3,(H,23,27)(H,24,26)(H,25,28). The van der Waals surface area contributed by atoms with E-state index in [0.29, 0.717) is 11.4 Å². The number of hydrogen-bond acceptors (Lipinski definition) is 3. The number of hydrogen-bond donors (Lipinski definition) is 3. The topological polar surface area (TPSA) is 91.1 Å². The predicted molar refractivity (Wildman–Crippen MR) is 104 cm³/mol. The number of anilines is 1. The smallest absolute Gasteiger partial charge is 0.255 e. The molecular formula is C21H18FN3O3. The lowest BCUT2D eigenvalue weighted by Gasteiger charge is -2.09. The summed E-state index contributed by atoms with van der Waals surface area (Å²) < 4.78 is 13.3. The van der Waals surface area contributed by atoms with Crippen LogP contribution in [-0.4, -0.2) is 16.8 Å². The summed E-state index contributed by atoms with van der Waals surface area (Å²) in [6, 6.07) is 15.2. The average molecular weight is 379 g/mol. The van der Waals surface area contributed by atoms with Gasteiger partial charge in [-0.1, -0.05) is 18.2 Å². The van der Waals surface area contributed by atoms with Crippen molar-refractivity contribution in [1.29, 1.82) is 0 Å². The molecule has 0 atom stereocenters. The van der Waals surface area contributed by atoms with Gasteiger partial charge in [0.25, 0.3) is 11.8 Å². The number of rotatable bonds is 5. The molecule has 2 amide bonds. The molecule has 1 heterocycles. The molecule has 0 spiro atoms. The summed E-state index contributed by atoms with van der Waals surface area (Å²) in [4.78, 5) is 38.5. The molecule has 2 aromatic carbocycles. The van der Waals surface area contributed by atoms with Crippen molar-refractivity contribution in [2.24, 2.45) is 0 Å². The van der Waals surface area contributed by atoms with Gasteiger partial charge in [0.15, 0.2) is 0 Å². The first-order valence-corrected chi connectivity index (χ1v) is 8.56. The Morgan fingerprint density at radius 2 is 1.75 bits per heavy atom. The Morgan fingerprint density at radius 3 is 2.50 bits per heavy atom. The number of halogens is 1. The number of carbonyl (C=O) groups excluding carboxylic acids is 2. The van der Waals surface area contributed by atoms with Gasteiger partial charge in [-0.2, -0.15) is 0 Å². The van der Waals surface area contributed by atoms with Gasteiger partial charge < -0.3 is 15.6 Å². The van der Waals surface area contributed by atoms with E-state index in [4.69, 9.17) is 0 Å². The number of pyridine rings is 1. The van der Waals surface area contributed by atoms with Gasteiger partial charge in [0.2, 0.25) is 5.56 Å². The molecule has 142 valence electrons. The summed E-state index contributed by atoms with van der Waals surface area (Å²) in [5, 5.41) is 5.43. The summed E-state index contributed by atoms with van der Waals surface area (Å²) in [5.74, 6) is -1.29. The van der Waals surface area contributed by atoms with Gasteiger partial charge in [-0.3, -0.25) is 14.4 Å². The highest BCUT2D eigenvalue weighted by atomic mass is 19.1. The van der Waals surface area contributed by atoms with Crippen molar-refractivity contribution >= 4 is 17.5 Å². The van der Waals surface area contributed by atoms with E-state index in [1.807, 2.05) is 0 Å². The normalized spacial score (nSPS) is 10.4. The van der Waals surface area contributed by atoms with Crippen LogP contribution in [0.15, 0.2) is 65.5 Å². The second-order valence-corrected chi connectivity index (χ2v) is 6.26. The molecule has 0 fully saturated rings.